The van der Waals surface area contributed by atoms with Crippen molar-refractivity contribution in [3.8, 4) is 0 Å². The van der Waals surface area contributed by atoms with Crippen molar-refractivity contribution in [2.75, 3.05) is 19.0 Å². The van der Waals surface area contributed by atoms with Gasteiger partial charge in [-0.2, -0.15) is 0 Å². The van der Waals surface area contributed by atoms with E-state index in [0.717, 1.165) is 0 Å². The third-order valence-electron chi connectivity index (χ3n) is 0.908. The molecule has 0 saturated heterocycles. The summed E-state index contributed by atoms with van der Waals surface area (Å²) in [5, 5.41) is 0.447. The molecule has 58 valence electrons. The minimum Gasteiger partial charge on any atom is -0.461 e. The van der Waals surface area contributed by atoms with Crippen LogP contribution in [0.1, 0.15) is 6.92 Å². The second-order valence-corrected chi connectivity index (χ2v) is 2.09. The van der Waals surface area contributed by atoms with E-state index in [-0.39, 0.29) is 5.97 Å². The molecule has 0 N–H and O–H groups in total. The summed E-state index contributed by atoms with van der Waals surface area (Å²) >= 11 is 3.11. The Bertz CT molecular complexity index is 145. The second kappa shape index (κ2) is 5.41. The third-order valence-corrected chi connectivity index (χ3v) is 1.44. The Kier molecular flexibility index (Phi) is 5.20. The molecule has 0 aliphatic heterocycles. The van der Waals surface area contributed by atoms with Crippen molar-refractivity contribution in [3.63, 3.8) is 0 Å². The minimum atomic E-state index is -0.345. The first kappa shape index (κ1) is 9.62. The van der Waals surface area contributed by atoms with Crippen LogP contribution in [0, 0.1) is 0 Å². The number of alkyl halides is 1. The van der Waals surface area contributed by atoms with Crippen molar-refractivity contribution in [2.24, 2.45) is 4.99 Å². The quantitative estimate of drug-likeness (QED) is 0.394. The molecular formula is C6H10BrNO2. The van der Waals surface area contributed by atoms with Gasteiger partial charge in [-0.15, -0.1) is 0 Å². The Morgan fingerprint density at radius 1 is 1.70 bits per heavy atom. The maximum atomic E-state index is 10.8. The van der Waals surface area contributed by atoms with Gasteiger partial charge in [0.25, 0.3) is 0 Å². The number of nitrogens with zero attached hydrogens (tertiary/aromatic N) is 1. The highest BCUT2D eigenvalue weighted by Crippen LogP contribution is 1.89. The van der Waals surface area contributed by atoms with E-state index in [1.54, 1.807) is 14.0 Å². The second-order valence-electron chi connectivity index (χ2n) is 1.52. The smallest absolute Gasteiger partial charge is 0.353 e. The van der Waals surface area contributed by atoms with Gasteiger partial charge in [0.15, 0.2) is 0 Å². The van der Waals surface area contributed by atoms with E-state index in [1.807, 2.05) is 0 Å². The van der Waals surface area contributed by atoms with Crippen LogP contribution in [-0.2, 0) is 9.53 Å². The van der Waals surface area contributed by atoms with Crippen LogP contribution in [0.5, 0.6) is 0 Å². The number of halogens is 1. The monoisotopic (exact) mass is 207 g/mol. The fourth-order valence-corrected chi connectivity index (χ4v) is 0.900. The lowest BCUT2D eigenvalue weighted by atomic mass is 10.4. The molecule has 0 amide bonds. The molecule has 0 saturated carbocycles. The van der Waals surface area contributed by atoms with Crippen molar-refractivity contribution >= 4 is 27.6 Å². The summed E-state index contributed by atoms with van der Waals surface area (Å²) in [6.07, 6.45) is 0. The van der Waals surface area contributed by atoms with Crippen molar-refractivity contribution in [2.45, 2.75) is 6.92 Å². The van der Waals surface area contributed by atoms with Crippen LogP contribution in [0.2, 0.25) is 0 Å². The molecule has 3 nitrogen and oxygen atoms in total. The van der Waals surface area contributed by atoms with Crippen molar-refractivity contribution in [3.05, 3.63) is 0 Å². The van der Waals surface area contributed by atoms with Crippen molar-refractivity contribution in [1.29, 1.82) is 0 Å². The topological polar surface area (TPSA) is 38.7 Å². The van der Waals surface area contributed by atoms with Crippen molar-refractivity contribution < 1.29 is 9.53 Å². The van der Waals surface area contributed by atoms with Gasteiger partial charge < -0.3 is 4.74 Å². The van der Waals surface area contributed by atoms with E-state index in [0.29, 0.717) is 17.6 Å². The summed E-state index contributed by atoms with van der Waals surface area (Å²) in [5.74, 6) is -0.345. The molecule has 0 aromatic heterocycles. The Labute approximate surface area is 68.6 Å². The molecule has 0 fully saturated rings. The van der Waals surface area contributed by atoms with Gasteiger partial charge >= 0.3 is 5.97 Å². The standard InChI is InChI=1S/C6H10BrNO2/c1-3-10-6(9)5(4-7)8-2/h3-4H2,1-2H3/b8-5-. The Morgan fingerprint density at radius 2 is 2.30 bits per heavy atom. The average molecular weight is 208 g/mol. The summed E-state index contributed by atoms with van der Waals surface area (Å²) in [5.41, 5.74) is 0.418. The lowest BCUT2D eigenvalue weighted by Crippen LogP contribution is -2.18. The predicted octanol–water partition coefficient (Wildman–Crippen LogP) is 1.02. The molecule has 0 rings (SSSR count). The molecule has 0 unspecified atom stereocenters. The summed E-state index contributed by atoms with van der Waals surface area (Å²) < 4.78 is 4.69. The van der Waals surface area contributed by atoms with Crippen LogP contribution in [0.15, 0.2) is 4.99 Å². The molecule has 0 aliphatic carbocycles. The molecule has 4 heteroatoms. The molecule has 0 aromatic rings. The number of rotatable bonds is 3. The van der Waals surface area contributed by atoms with Gasteiger partial charge in [-0.25, -0.2) is 4.79 Å². The third kappa shape index (κ3) is 2.96. The number of esters is 1. The van der Waals surface area contributed by atoms with Crippen LogP contribution < -0.4 is 0 Å². The van der Waals surface area contributed by atoms with Gasteiger partial charge in [0.05, 0.1) is 11.9 Å². The Morgan fingerprint density at radius 3 is 2.60 bits per heavy atom. The van der Waals surface area contributed by atoms with E-state index in [9.17, 15) is 4.79 Å². The van der Waals surface area contributed by atoms with Crippen molar-refractivity contribution in [1.82, 2.24) is 0 Å². The van der Waals surface area contributed by atoms with Gasteiger partial charge in [0.1, 0.15) is 5.71 Å². The molecule has 10 heavy (non-hydrogen) atoms. The summed E-state index contributed by atoms with van der Waals surface area (Å²) in [6.45, 7) is 2.16. The predicted molar refractivity (Wildman–Crippen MR) is 43.8 cm³/mol. The summed E-state index contributed by atoms with van der Waals surface area (Å²) in [6, 6.07) is 0. The molecule has 0 heterocycles. The Balaban J connectivity index is 3.91. The SMILES string of the molecule is CCOC(=O)/C(CBr)=N\C. The Hall–Kier alpha value is -0.380. The largest absolute Gasteiger partial charge is 0.461 e. The summed E-state index contributed by atoms with van der Waals surface area (Å²) in [7, 11) is 1.56. The zero-order valence-corrected chi connectivity index (χ0v) is 7.64. The first-order valence-corrected chi connectivity index (χ1v) is 4.07. The maximum Gasteiger partial charge on any atom is 0.353 e. The molecule has 0 radical (unpaired) electrons. The van der Waals surface area contributed by atoms with E-state index < -0.39 is 0 Å². The number of carbonyl (C=O) groups excluding carboxylic acids is 1. The van der Waals surface area contributed by atoms with Gasteiger partial charge in [0, 0.05) is 7.05 Å². The van der Waals surface area contributed by atoms with E-state index >= 15 is 0 Å². The van der Waals surface area contributed by atoms with Gasteiger partial charge in [-0.05, 0) is 6.92 Å². The van der Waals surface area contributed by atoms with E-state index in [4.69, 9.17) is 0 Å². The highest BCUT2D eigenvalue weighted by molar-refractivity contribution is 9.09. The zero-order chi connectivity index (χ0) is 7.98. The molecule has 0 bridgehead atoms. The minimum absolute atomic E-state index is 0.345. The lowest BCUT2D eigenvalue weighted by Gasteiger charge is -1.99. The molecule has 0 aromatic carbocycles. The van der Waals surface area contributed by atoms with E-state index in [2.05, 4.69) is 25.7 Å². The molecule has 0 aliphatic rings. The average Bonchev–Trinajstić information content (AvgIpc) is 1.91. The van der Waals surface area contributed by atoms with Crippen LogP contribution in [0.3, 0.4) is 0 Å². The van der Waals surface area contributed by atoms with Gasteiger partial charge in [-0.1, -0.05) is 15.9 Å². The van der Waals surface area contributed by atoms with Gasteiger partial charge in [0.2, 0.25) is 0 Å². The normalized spacial score (nSPS) is 11.3. The number of hydrogen-bond donors (Lipinski definition) is 0. The van der Waals surface area contributed by atoms with Crippen LogP contribution in [0.25, 0.3) is 0 Å². The first-order chi connectivity index (χ1) is 4.76. The fourth-order valence-electron chi connectivity index (χ4n) is 0.420. The summed E-state index contributed by atoms with van der Waals surface area (Å²) in [4.78, 5) is 14.5. The highest BCUT2D eigenvalue weighted by Gasteiger charge is 2.08. The zero-order valence-electron chi connectivity index (χ0n) is 6.06. The molecule has 0 atom stereocenters. The fraction of sp³-hybridized carbons (Fsp3) is 0.667. The number of carbonyl (C=O) groups is 1. The van der Waals surface area contributed by atoms with Crippen LogP contribution in [-0.4, -0.2) is 30.7 Å². The number of aliphatic imine (C=N–C) groups is 1. The van der Waals surface area contributed by atoms with Crippen LogP contribution >= 0.6 is 15.9 Å². The highest BCUT2D eigenvalue weighted by atomic mass is 79.9. The van der Waals surface area contributed by atoms with Crippen LogP contribution in [0.4, 0.5) is 0 Å². The van der Waals surface area contributed by atoms with Gasteiger partial charge in [-0.3, -0.25) is 4.99 Å². The van der Waals surface area contributed by atoms with E-state index in [1.165, 1.54) is 0 Å². The number of hydrogen-bond acceptors (Lipinski definition) is 3. The lowest BCUT2D eigenvalue weighted by molar-refractivity contribution is -0.135. The number of ether oxygens (including phenoxy) is 1. The molecular weight excluding hydrogens is 198 g/mol. The first-order valence-electron chi connectivity index (χ1n) is 2.95. The maximum absolute atomic E-state index is 10.8. The molecule has 0 spiro atoms.